The first-order valence-corrected chi connectivity index (χ1v) is 9.46. The molecule has 0 atom stereocenters. The average molecular weight is 400 g/mol. The summed E-state index contributed by atoms with van der Waals surface area (Å²) in [4.78, 5) is 24.2. The topological polar surface area (TPSA) is 91.6 Å². The average Bonchev–Trinajstić information content (AvgIpc) is 3.20. The van der Waals surface area contributed by atoms with Crippen LogP contribution in [-0.2, 0) is 13.2 Å². The van der Waals surface area contributed by atoms with Gasteiger partial charge in [0.1, 0.15) is 0 Å². The number of amides is 1. The second-order valence-electron chi connectivity index (χ2n) is 7.04. The van der Waals surface area contributed by atoms with E-state index in [1.807, 2.05) is 42.6 Å². The van der Waals surface area contributed by atoms with Gasteiger partial charge in [-0.2, -0.15) is 0 Å². The molecule has 4 aromatic rings. The minimum Gasteiger partial charge on any atom is -0.392 e. The molecule has 150 valence electrons. The van der Waals surface area contributed by atoms with E-state index in [9.17, 15) is 9.59 Å². The number of carbonyl (C=O) groups excluding carboxylic acids is 2. The molecule has 3 N–H and O–H groups in total. The van der Waals surface area contributed by atoms with Crippen molar-refractivity contribution in [2.75, 3.05) is 0 Å². The fourth-order valence-corrected chi connectivity index (χ4v) is 3.43. The van der Waals surface area contributed by atoms with Gasteiger partial charge in [0.25, 0.3) is 5.91 Å². The number of aliphatic hydroxyl groups excluding tert-OH is 1. The van der Waals surface area contributed by atoms with Gasteiger partial charge in [-0.15, -0.1) is 0 Å². The van der Waals surface area contributed by atoms with Crippen molar-refractivity contribution in [3.05, 3.63) is 107 Å². The number of ketones is 1. The Labute approximate surface area is 173 Å². The van der Waals surface area contributed by atoms with Crippen molar-refractivity contribution < 1.29 is 19.9 Å². The predicted molar refractivity (Wildman–Crippen MR) is 113 cm³/mol. The molecule has 0 aliphatic carbocycles. The van der Waals surface area contributed by atoms with Crippen molar-refractivity contribution in [2.24, 2.45) is 0 Å². The summed E-state index contributed by atoms with van der Waals surface area (Å²) in [5.41, 5.74) is 5.96. The zero-order valence-corrected chi connectivity index (χ0v) is 16.1. The third-order valence-corrected chi connectivity index (χ3v) is 5.10. The number of fused-ring (bicyclic) bond motifs is 1. The van der Waals surface area contributed by atoms with E-state index < -0.39 is 5.91 Å². The summed E-state index contributed by atoms with van der Waals surface area (Å²) in [6.45, 7) is 0.561. The second-order valence-corrected chi connectivity index (χ2v) is 7.04. The first kappa shape index (κ1) is 19.6. The highest BCUT2D eigenvalue weighted by Crippen LogP contribution is 2.21. The Morgan fingerprint density at radius 1 is 0.800 bits per heavy atom. The van der Waals surface area contributed by atoms with Crippen LogP contribution in [0.4, 0.5) is 0 Å². The number of nitrogens with zero attached hydrogens (tertiary/aromatic N) is 1. The minimum absolute atomic E-state index is 0.0503. The standard InChI is InChI=1S/C24H20N2O4/c27-15-17-3-5-18(6-4-17)23(28)21-9-10-22-20(13-21)11-12-26(22)14-16-1-7-19(8-2-16)24(29)25-30/h1-13,27,30H,14-15H2,(H,25,29). The van der Waals surface area contributed by atoms with Crippen molar-refractivity contribution >= 4 is 22.6 Å². The zero-order chi connectivity index (χ0) is 21.1. The molecule has 0 unspecified atom stereocenters. The Balaban J connectivity index is 1.56. The van der Waals surface area contributed by atoms with Gasteiger partial charge in [0.2, 0.25) is 0 Å². The second kappa shape index (κ2) is 8.32. The van der Waals surface area contributed by atoms with Gasteiger partial charge in [-0.3, -0.25) is 14.8 Å². The van der Waals surface area contributed by atoms with E-state index in [4.69, 9.17) is 10.3 Å². The SMILES string of the molecule is O=C(NO)c1ccc(Cn2ccc3cc(C(=O)c4ccc(CO)cc4)ccc32)cc1. The quantitative estimate of drug-likeness (QED) is 0.262. The number of carbonyl (C=O) groups is 2. The summed E-state index contributed by atoms with van der Waals surface area (Å²) < 4.78 is 2.07. The van der Waals surface area contributed by atoms with Crippen molar-refractivity contribution in [1.29, 1.82) is 0 Å². The van der Waals surface area contributed by atoms with E-state index in [-0.39, 0.29) is 12.4 Å². The van der Waals surface area contributed by atoms with Gasteiger partial charge in [0, 0.05) is 40.3 Å². The van der Waals surface area contributed by atoms with E-state index in [2.05, 4.69) is 4.57 Å². The van der Waals surface area contributed by atoms with Crippen LogP contribution in [0.15, 0.2) is 79.0 Å². The molecule has 0 aliphatic rings. The highest BCUT2D eigenvalue weighted by atomic mass is 16.5. The lowest BCUT2D eigenvalue weighted by Crippen LogP contribution is -2.18. The van der Waals surface area contributed by atoms with Crippen molar-refractivity contribution in [1.82, 2.24) is 10.0 Å². The van der Waals surface area contributed by atoms with Crippen LogP contribution in [-0.4, -0.2) is 26.6 Å². The molecule has 6 heteroatoms. The summed E-state index contributed by atoms with van der Waals surface area (Å²) in [6, 6.07) is 21.5. The number of rotatable bonds is 6. The van der Waals surface area contributed by atoms with Gasteiger partial charge in [-0.05, 0) is 47.5 Å². The van der Waals surface area contributed by atoms with Gasteiger partial charge in [-0.1, -0.05) is 36.4 Å². The van der Waals surface area contributed by atoms with Gasteiger partial charge in [-0.25, -0.2) is 5.48 Å². The molecule has 0 radical (unpaired) electrons. The first-order chi connectivity index (χ1) is 14.6. The molecule has 3 aromatic carbocycles. The molecule has 6 nitrogen and oxygen atoms in total. The third-order valence-electron chi connectivity index (χ3n) is 5.10. The van der Waals surface area contributed by atoms with Crippen LogP contribution in [0.5, 0.6) is 0 Å². The number of aromatic nitrogens is 1. The highest BCUT2D eigenvalue weighted by Gasteiger charge is 2.11. The normalized spacial score (nSPS) is 10.9. The third kappa shape index (κ3) is 3.87. The maximum absolute atomic E-state index is 12.8. The molecule has 1 aromatic heterocycles. The largest absolute Gasteiger partial charge is 0.392 e. The molecule has 30 heavy (non-hydrogen) atoms. The van der Waals surface area contributed by atoms with Crippen LogP contribution < -0.4 is 5.48 Å². The summed E-state index contributed by atoms with van der Waals surface area (Å²) in [7, 11) is 0. The van der Waals surface area contributed by atoms with E-state index in [0.717, 1.165) is 22.0 Å². The Morgan fingerprint density at radius 3 is 2.10 bits per heavy atom. The maximum atomic E-state index is 12.8. The monoisotopic (exact) mass is 400 g/mol. The lowest BCUT2D eigenvalue weighted by atomic mass is 10.0. The number of benzene rings is 3. The summed E-state index contributed by atoms with van der Waals surface area (Å²) in [5, 5.41) is 18.8. The first-order valence-electron chi connectivity index (χ1n) is 9.46. The number of hydroxylamine groups is 1. The Morgan fingerprint density at radius 2 is 1.43 bits per heavy atom. The fourth-order valence-electron chi connectivity index (χ4n) is 3.43. The lowest BCUT2D eigenvalue weighted by molar-refractivity contribution is 0.0706. The van der Waals surface area contributed by atoms with Gasteiger partial charge in [0.05, 0.1) is 6.61 Å². The number of aliphatic hydroxyl groups is 1. The predicted octanol–water partition coefficient (Wildman–Crippen LogP) is 3.53. The molecular formula is C24H20N2O4. The Hall–Kier alpha value is -3.74. The van der Waals surface area contributed by atoms with Crippen LogP contribution in [0.1, 0.15) is 37.4 Å². The molecule has 1 heterocycles. The lowest BCUT2D eigenvalue weighted by Gasteiger charge is -2.08. The van der Waals surface area contributed by atoms with Crippen LogP contribution >= 0.6 is 0 Å². The van der Waals surface area contributed by atoms with E-state index in [0.29, 0.717) is 23.2 Å². The smallest absolute Gasteiger partial charge is 0.274 e. The van der Waals surface area contributed by atoms with Crippen LogP contribution in [0.3, 0.4) is 0 Å². The minimum atomic E-state index is -0.545. The van der Waals surface area contributed by atoms with Crippen molar-refractivity contribution in [3.63, 3.8) is 0 Å². The van der Waals surface area contributed by atoms with Crippen molar-refractivity contribution in [3.8, 4) is 0 Å². The molecule has 0 bridgehead atoms. The van der Waals surface area contributed by atoms with E-state index >= 15 is 0 Å². The van der Waals surface area contributed by atoms with Crippen LogP contribution in [0.2, 0.25) is 0 Å². The summed E-state index contributed by atoms with van der Waals surface area (Å²) >= 11 is 0. The maximum Gasteiger partial charge on any atom is 0.274 e. The van der Waals surface area contributed by atoms with E-state index in [1.165, 1.54) is 0 Å². The van der Waals surface area contributed by atoms with Crippen molar-refractivity contribution in [2.45, 2.75) is 13.2 Å². The fraction of sp³-hybridized carbons (Fsp3) is 0.0833. The molecule has 1 amide bonds. The molecular weight excluding hydrogens is 380 g/mol. The molecule has 0 spiro atoms. The Kier molecular flexibility index (Phi) is 5.43. The van der Waals surface area contributed by atoms with Gasteiger partial charge in [0.15, 0.2) is 5.78 Å². The number of hydrogen-bond acceptors (Lipinski definition) is 4. The van der Waals surface area contributed by atoms with Crippen LogP contribution in [0, 0.1) is 0 Å². The molecule has 4 rings (SSSR count). The summed E-state index contributed by atoms with van der Waals surface area (Å²) in [6.07, 6.45) is 1.96. The summed E-state index contributed by atoms with van der Waals surface area (Å²) in [5.74, 6) is -0.608. The number of hydrogen-bond donors (Lipinski definition) is 3. The van der Waals surface area contributed by atoms with Gasteiger partial charge < -0.3 is 9.67 Å². The highest BCUT2D eigenvalue weighted by molar-refractivity contribution is 6.10. The Bertz CT molecular complexity index is 1210. The van der Waals surface area contributed by atoms with Gasteiger partial charge >= 0.3 is 0 Å². The van der Waals surface area contributed by atoms with E-state index in [1.54, 1.807) is 41.9 Å². The number of nitrogens with one attached hydrogen (secondary N) is 1. The molecule has 0 saturated heterocycles. The van der Waals surface area contributed by atoms with Crippen LogP contribution in [0.25, 0.3) is 10.9 Å². The zero-order valence-electron chi connectivity index (χ0n) is 16.1. The molecule has 0 fully saturated rings. The molecule has 0 aliphatic heterocycles. The molecule has 0 saturated carbocycles.